The number of hydrogen-bond donors (Lipinski definition) is 1. The van der Waals surface area contributed by atoms with Crippen molar-refractivity contribution in [2.45, 2.75) is 20.8 Å². The monoisotopic (exact) mass is 302 g/mol. The molecule has 2 aromatic rings. The van der Waals surface area contributed by atoms with E-state index in [1.165, 1.54) is 6.20 Å². The van der Waals surface area contributed by atoms with Gasteiger partial charge >= 0.3 is 11.9 Å². The molecule has 0 fully saturated rings. The molecule has 0 aliphatic heterocycles. The van der Waals surface area contributed by atoms with E-state index in [4.69, 9.17) is 9.84 Å². The van der Waals surface area contributed by atoms with Crippen LogP contribution in [0, 0.1) is 13.8 Å². The molecule has 22 heavy (non-hydrogen) atoms. The van der Waals surface area contributed by atoms with Crippen LogP contribution in [0.4, 0.5) is 0 Å². The zero-order valence-corrected chi connectivity index (χ0v) is 12.7. The molecule has 0 unspecified atom stereocenters. The van der Waals surface area contributed by atoms with Gasteiger partial charge in [-0.05, 0) is 44.0 Å². The Morgan fingerprint density at radius 3 is 1.91 bits per heavy atom. The number of aryl methyl sites for hydroxylation is 2. The van der Waals surface area contributed by atoms with Crippen LogP contribution in [0.15, 0.2) is 36.7 Å². The Balaban J connectivity index is 0.000000224. The molecule has 6 heteroatoms. The summed E-state index contributed by atoms with van der Waals surface area (Å²) in [6, 6.07) is 7.05. The molecule has 0 saturated carbocycles. The minimum atomic E-state index is -0.974. The number of ether oxygens (including phenoxy) is 1. The van der Waals surface area contributed by atoms with E-state index in [1.54, 1.807) is 38.2 Å². The largest absolute Gasteiger partial charge is 0.477 e. The zero-order valence-electron chi connectivity index (χ0n) is 12.7. The molecule has 0 aromatic carbocycles. The summed E-state index contributed by atoms with van der Waals surface area (Å²) < 4.78 is 4.81. The molecule has 0 spiro atoms. The molecule has 2 rings (SSSR count). The van der Waals surface area contributed by atoms with E-state index in [2.05, 4.69) is 9.97 Å². The van der Waals surface area contributed by atoms with Gasteiger partial charge in [0.25, 0.3) is 0 Å². The highest BCUT2D eigenvalue weighted by Crippen LogP contribution is 2.04. The third-order valence-electron chi connectivity index (χ3n) is 2.69. The third-order valence-corrected chi connectivity index (χ3v) is 2.69. The van der Waals surface area contributed by atoms with Crippen LogP contribution < -0.4 is 0 Å². The van der Waals surface area contributed by atoms with E-state index in [9.17, 15) is 9.59 Å². The Morgan fingerprint density at radius 1 is 1.05 bits per heavy atom. The minimum Gasteiger partial charge on any atom is -0.477 e. The summed E-state index contributed by atoms with van der Waals surface area (Å²) in [5.41, 5.74) is 2.06. The number of nitrogens with zero attached hydrogens (tertiary/aromatic N) is 2. The van der Waals surface area contributed by atoms with E-state index >= 15 is 0 Å². The number of aromatic nitrogens is 2. The van der Waals surface area contributed by atoms with Crippen LogP contribution in [0.2, 0.25) is 0 Å². The average Bonchev–Trinajstić information content (AvgIpc) is 2.48. The van der Waals surface area contributed by atoms with E-state index < -0.39 is 5.97 Å². The van der Waals surface area contributed by atoms with Crippen molar-refractivity contribution in [3.63, 3.8) is 0 Å². The van der Waals surface area contributed by atoms with Gasteiger partial charge in [-0.3, -0.25) is 0 Å². The first-order chi connectivity index (χ1) is 10.5. The standard InChI is InChI=1S/C9H11NO2.C7H7NO2/c1-3-12-9(11)8-7(2)5-4-6-10-8;1-5-3-2-4-8-6(5)7(9)10/h4-6H,3H2,1-2H3;2-4H,1H3,(H,9,10). The SMILES string of the molecule is CCOC(=O)c1ncccc1C.Cc1cccnc1C(=O)O. The van der Waals surface area contributed by atoms with Crippen LogP contribution >= 0.6 is 0 Å². The molecular formula is C16H18N2O4. The van der Waals surface area contributed by atoms with E-state index in [0.717, 1.165) is 5.56 Å². The van der Waals surface area contributed by atoms with E-state index in [1.807, 2.05) is 13.0 Å². The van der Waals surface area contributed by atoms with Gasteiger partial charge in [0.05, 0.1) is 6.61 Å². The van der Waals surface area contributed by atoms with Crippen molar-refractivity contribution in [1.82, 2.24) is 9.97 Å². The molecule has 116 valence electrons. The molecule has 0 amide bonds. The first-order valence-electron chi connectivity index (χ1n) is 6.71. The maximum Gasteiger partial charge on any atom is 0.357 e. The number of hydrogen-bond acceptors (Lipinski definition) is 5. The number of carbonyl (C=O) groups is 2. The summed E-state index contributed by atoms with van der Waals surface area (Å²) in [4.78, 5) is 29.1. The van der Waals surface area contributed by atoms with Gasteiger partial charge < -0.3 is 9.84 Å². The second-order valence-electron chi connectivity index (χ2n) is 4.36. The van der Waals surface area contributed by atoms with E-state index in [-0.39, 0.29) is 11.7 Å². The second-order valence-corrected chi connectivity index (χ2v) is 4.36. The normalized spacial score (nSPS) is 9.41. The van der Waals surface area contributed by atoms with Crippen molar-refractivity contribution in [3.8, 4) is 0 Å². The molecule has 2 aromatic heterocycles. The number of carboxylic acid groups (broad SMARTS) is 1. The molecule has 1 N–H and O–H groups in total. The predicted molar refractivity (Wildman–Crippen MR) is 80.9 cm³/mol. The van der Waals surface area contributed by atoms with Crippen molar-refractivity contribution in [1.29, 1.82) is 0 Å². The first kappa shape index (κ1) is 17.3. The van der Waals surface area contributed by atoms with Gasteiger partial charge in [-0.25, -0.2) is 19.6 Å². The highest BCUT2D eigenvalue weighted by atomic mass is 16.5. The molecular weight excluding hydrogens is 284 g/mol. The van der Waals surface area contributed by atoms with Crippen molar-refractivity contribution in [2.75, 3.05) is 6.61 Å². The number of carbonyl (C=O) groups excluding carboxylic acids is 1. The Morgan fingerprint density at radius 2 is 1.55 bits per heavy atom. The van der Waals surface area contributed by atoms with Gasteiger partial charge in [0.15, 0.2) is 11.4 Å². The summed E-state index contributed by atoms with van der Waals surface area (Å²) in [6.07, 6.45) is 3.05. The van der Waals surface area contributed by atoms with Gasteiger partial charge in [0.1, 0.15) is 0 Å². The summed E-state index contributed by atoms with van der Waals surface area (Å²) in [6.45, 7) is 5.71. The fraction of sp³-hybridized carbons (Fsp3) is 0.250. The minimum absolute atomic E-state index is 0.127. The molecule has 0 atom stereocenters. The topological polar surface area (TPSA) is 89.4 Å². The van der Waals surface area contributed by atoms with Crippen molar-refractivity contribution < 1.29 is 19.4 Å². The molecule has 0 radical (unpaired) electrons. The molecule has 0 aliphatic carbocycles. The average molecular weight is 302 g/mol. The smallest absolute Gasteiger partial charge is 0.357 e. The van der Waals surface area contributed by atoms with Gasteiger partial charge in [0, 0.05) is 12.4 Å². The second kappa shape index (κ2) is 8.51. The van der Waals surface area contributed by atoms with Crippen LogP contribution in [-0.2, 0) is 4.74 Å². The van der Waals surface area contributed by atoms with Crippen LogP contribution in [0.1, 0.15) is 39.0 Å². The fourth-order valence-electron chi connectivity index (χ4n) is 1.61. The number of rotatable bonds is 3. The molecule has 0 saturated heterocycles. The highest BCUT2D eigenvalue weighted by Gasteiger charge is 2.09. The summed E-state index contributed by atoms with van der Waals surface area (Å²) >= 11 is 0. The lowest BCUT2D eigenvalue weighted by atomic mass is 10.2. The summed E-state index contributed by atoms with van der Waals surface area (Å²) in [5, 5.41) is 8.50. The maximum atomic E-state index is 11.2. The van der Waals surface area contributed by atoms with Crippen LogP contribution in [0.25, 0.3) is 0 Å². The van der Waals surface area contributed by atoms with Crippen LogP contribution in [0.3, 0.4) is 0 Å². The van der Waals surface area contributed by atoms with Crippen molar-refractivity contribution >= 4 is 11.9 Å². The Kier molecular flexibility index (Phi) is 6.69. The van der Waals surface area contributed by atoms with Gasteiger partial charge in [-0.2, -0.15) is 0 Å². The molecule has 0 aliphatic rings. The molecule has 6 nitrogen and oxygen atoms in total. The van der Waals surface area contributed by atoms with Gasteiger partial charge in [-0.15, -0.1) is 0 Å². The predicted octanol–water partition coefficient (Wildman–Crippen LogP) is 2.65. The number of aromatic carboxylic acids is 1. The first-order valence-corrected chi connectivity index (χ1v) is 6.71. The highest BCUT2D eigenvalue weighted by molar-refractivity contribution is 5.88. The number of carboxylic acids is 1. The summed E-state index contributed by atoms with van der Waals surface area (Å²) in [7, 11) is 0. The lowest BCUT2D eigenvalue weighted by Crippen LogP contribution is -2.08. The van der Waals surface area contributed by atoms with Crippen molar-refractivity contribution in [2.24, 2.45) is 0 Å². The lowest BCUT2D eigenvalue weighted by molar-refractivity contribution is 0.0518. The maximum absolute atomic E-state index is 11.2. The summed E-state index contributed by atoms with van der Waals surface area (Å²) in [5.74, 6) is -1.33. The van der Waals surface area contributed by atoms with E-state index in [0.29, 0.717) is 17.9 Å². The number of esters is 1. The Bertz CT molecular complexity index is 656. The fourth-order valence-corrected chi connectivity index (χ4v) is 1.61. The Hall–Kier alpha value is -2.76. The van der Waals surface area contributed by atoms with Crippen molar-refractivity contribution in [3.05, 3.63) is 59.2 Å². The zero-order chi connectivity index (χ0) is 16.5. The van der Waals surface area contributed by atoms with Crippen LogP contribution in [-0.4, -0.2) is 33.6 Å². The quantitative estimate of drug-likeness (QED) is 0.877. The third kappa shape index (κ3) is 4.97. The molecule has 2 heterocycles. The number of pyridine rings is 2. The molecule has 0 bridgehead atoms. The van der Waals surface area contributed by atoms with Gasteiger partial charge in [-0.1, -0.05) is 12.1 Å². The van der Waals surface area contributed by atoms with Gasteiger partial charge in [0.2, 0.25) is 0 Å². The lowest BCUT2D eigenvalue weighted by Gasteiger charge is -2.02. The van der Waals surface area contributed by atoms with Crippen LogP contribution in [0.5, 0.6) is 0 Å². The Labute approximate surface area is 128 Å².